The molecular formula is C33H43NO17. The van der Waals surface area contributed by atoms with Gasteiger partial charge in [0, 0.05) is 61.4 Å². The second-order valence-corrected chi connectivity index (χ2v) is 11.2. The zero-order chi connectivity index (χ0) is 38.2. The van der Waals surface area contributed by atoms with Crippen molar-refractivity contribution in [1.82, 2.24) is 5.32 Å². The van der Waals surface area contributed by atoms with E-state index in [1.54, 1.807) is 12.1 Å². The van der Waals surface area contributed by atoms with Crippen LogP contribution in [0.25, 0.3) is 0 Å². The Balaban J connectivity index is 2.48. The van der Waals surface area contributed by atoms with Crippen molar-refractivity contribution in [1.29, 1.82) is 0 Å². The lowest BCUT2D eigenvalue weighted by Gasteiger charge is -2.40. The van der Waals surface area contributed by atoms with Gasteiger partial charge in [-0.1, -0.05) is 30.3 Å². The predicted octanol–water partition coefficient (Wildman–Crippen LogP) is 0.588. The second-order valence-electron chi connectivity index (χ2n) is 11.2. The highest BCUT2D eigenvalue weighted by Crippen LogP contribution is 2.28. The molecule has 0 aromatic heterocycles. The Labute approximate surface area is 293 Å². The lowest BCUT2D eigenvalue weighted by atomic mass is 9.99. The Bertz CT molecular complexity index is 1400. The van der Waals surface area contributed by atoms with Gasteiger partial charge in [-0.3, -0.25) is 38.4 Å². The summed E-state index contributed by atoms with van der Waals surface area (Å²) in [5.41, 5.74) is 0.793. The topological polar surface area (TPSA) is 232 Å². The number of hydrogen-bond donors (Lipinski definition) is 1. The number of benzene rings is 1. The van der Waals surface area contributed by atoms with Crippen LogP contribution in [-0.4, -0.2) is 110 Å². The SMILES string of the molecule is CC(=O)OC[C@H](OC(C)=O)[C@@H](OC(C)=O)[C@H](OC(C)=O)[C@H](OC(C)=O)C(=O)NC[C@H]1O[C@H](OCc2ccccc2)C[C@@H](OC(C)=O)[C@@H]1OC(C)=O. The van der Waals surface area contributed by atoms with E-state index in [0.29, 0.717) is 0 Å². The van der Waals surface area contributed by atoms with Gasteiger partial charge in [-0.25, -0.2) is 0 Å². The number of ether oxygens (including phenoxy) is 9. The first-order valence-electron chi connectivity index (χ1n) is 15.7. The first kappa shape index (κ1) is 42.1. The molecule has 18 heteroatoms. The molecule has 0 radical (unpaired) electrons. The molecule has 282 valence electrons. The van der Waals surface area contributed by atoms with Crippen LogP contribution >= 0.6 is 0 Å². The maximum atomic E-state index is 13.8. The fraction of sp³-hybridized carbons (Fsp3) is 0.576. The third kappa shape index (κ3) is 15.1. The van der Waals surface area contributed by atoms with Gasteiger partial charge in [-0.05, 0) is 5.56 Å². The zero-order valence-corrected chi connectivity index (χ0v) is 29.3. The van der Waals surface area contributed by atoms with Gasteiger partial charge in [0.05, 0.1) is 6.61 Å². The number of amides is 1. The van der Waals surface area contributed by atoms with Gasteiger partial charge < -0.3 is 47.9 Å². The van der Waals surface area contributed by atoms with E-state index in [9.17, 15) is 38.4 Å². The van der Waals surface area contributed by atoms with E-state index in [-0.39, 0.29) is 13.0 Å². The summed E-state index contributed by atoms with van der Waals surface area (Å²) in [7, 11) is 0. The van der Waals surface area contributed by atoms with Crippen LogP contribution in [0.4, 0.5) is 0 Å². The molecule has 1 saturated heterocycles. The van der Waals surface area contributed by atoms with E-state index in [2.05, 4.69) is 5.32 Å². The standard InChI is InChI=1S/C33H43NO17/c1-17(35)43-16-27(46-19(3)37)30(48-21(5)39)31(49-22(6)40)32(50-23(7)41)33(42)34-14-26-29(47-20(4)38)25(45-18(2)36)13-28(51-26)44-15-24-11-9-8-10-12-24/h8-12,25-32H,13-16H2,1-7H3,(H,34,42)/t25-,26-,27+,28+,29+,30-,31+,32+/m1/s1. The lowest BCUT2D eigenvalue weighted by molar-refractivity contribution is -0.261. The van der Waals surface area contributed by atoms with Crippen LogP contribution in [0.3, 0.4) is 0 Å². The van der Waals surface area contributed by atoms with Gasteiger partial charge in [-0.15, -0.1) is 0 Å². The molecule has 0 bridgehead atoms. The molecule has 1 heterocycles. The molecule has 1 amide bonds. The Kier molecular flexibility index (Phi) is 16.9. The average molecular weight is 726 g/mol. The molecule has 1 N–H and O–H groups in total. The molecule has 0 unspecified atom stereocenters. The predicted molar refractivity (Wildman–Crippen MR) is 167 cm³/mol. The molecule has 1 aromatic carbocycles. The Morgan fingerprint density at radius 3 is 1.80 bits per heavy atom. The number of rotatable bonds is 17. The minimum Gasteiger partial charge on any atom is -0.462 e. The van der Waals surface area contributed by atoms with E-state index in [4.69, 9.17) is 42.6 Å². The Hall–Kier alpha value is -5.10. The van der Waals surface area contributed by atoms with Crippen LogP contribution in [0.2, 0.25) is 0 Å². The molecule has 1 aromatic rings. The van der Waals surface area contributed by atoms with Crippen LogP contribution in [-0.2, 0) is 87.6 Å². The van der Waals surface area contributed by atoms with Crippen molar-refractivity contribution in [3.8, 4) is 0 Å². The Morgan fingerprint density at radius 2 is 1.27 bits per heavy atom. The third-order valence-corrected chi connectivity index (χ3v) is 6.77. The second kappa shape index (κ2) is 20.5. The molecule has 0 spiro atoms. The largest absolute Gasteiger partial charge is 0.462 e. The molecule has 8 atom stereocenters. The lowest BCUT2D eigenvalue weighted by Crippen LogP contribution is -2.59. The summed E-state index contributed by atoms with van der Waals surface area (Å²) in [5.74, 6) is -7.45. The average Bonchev–Trinajstić information content (AvgIpc) is 3.02. The first-order chi connectivity index (χ1) is 24.0. The van der Waals surface area contributed by atoms with E-state index in [1.807, 2.05) is 18.2 Å². The quantitative estimate of drug-likeness (QED) is 0.171. The van der Waals surface area contributed by atoms with Crippen molar-refractivity contribution in [2.24, 2.45) is 0 Å². The third-order valence-electron chi connectivity index (χ3n) is 6.77. The summed E-state index contributed by atoms with van der Waals surface area (Å²) < 4.78 is 48.8. The van der Waals surface area contributed by atoms with Crippen molar-refractivity contribution in [2.45, 2.75) is 111 Å². The van der Waals surface area contributed by atoms with E-state index < -0.39 is 110 Å². The number of nitrogens with one attached hydrogen (secondary N) is 1. The highest BCUT2D eigenvalue weighted by atomic mass is 16.7. The monoisotopic (exact) mass is 725 g/mol. The smallest absolute Gasteiger partial charge is 0.303 e. The van der Waals surface area contributed by atoms with Crippen LogP contribution in [0.15, 0.2) is 30.3 Å². The van der Waals surface area contributed by atoms with Crippen molar-refractivity contribution in [2.75, 3.05) is 13.2 Å². The van der Waals surface area contributed by atoms with Gasteiger partial charge in [-0.2, -0.15) is 0 Å². The summed E-state index contributed by atoms with van der Waals surface area (Å²) >= 11 is 0. The highest BCUT2D eigenvalue weighted by Gasteiger charge is 2.48. The number of carbonyl (C=O) groups excluding carboxylic acids is 8. The molecule has 1 aliphatic rings. The van der Waals surface area contributed by atoms with Crippen LogP contribution in [0, 0.1) is 0 Å². The molecule has 1 fully saturated rings. The van der Waals surface area contributed by atoms with Crippen molar-refractivity contribution in [3.63, 3.8) is 0 Å². The van der Waals surface area contributed by atoms with Gasteiger partial charge in [0.15, 0.2) is 30.7 Å². The van der Waals surface area contributed by atoms with Crippen molar-refractivity contribution >= 4 is 47.7 Å². The van der Waals surface area contributed by atoms with Crippen LogP contribution in [0.1, 0.15) is 60.5 Å². The molecule has 18 nitrogen and oxygen atoms in total. The normalized spacial score (nSPS) is 20.5. The fourth-order valence-corrected chi connectivity index (χ4v) is 5.00. The zero-order valence-electron chi connectivity index (χ0n) is 29.3. The minimum atomic E-state index is -2.09. The van der Waals surface area contributed by atoms with Crippen LogP contribution < -0.4 is 5.32 Å². The van der Waals surface area contributed by atoms with E-state index >= 15 is 0 Å². The minimum absolute atomic E-state index is 0.0522. The van der Waals surface area contributed by atoms with Gasteiger partial charge in [0.1, 0.15) is 18.8 Å². The van der Waals surface area contributed by atoms with Crippen LogP contribution in [0.5, 0.6) is 0 Å². The molecule has 1 aliphatic heterocycles. The highest BCUT2D eigenvalue weighted by molar-refractivity contribution is 5.84. The summed E-state index contributed by atoms with van der Waals surface area (Å²) in [5, 5.41) is 2.47. The van der Waals surface area contributed by atoms with Crippen molar-refractivity contribution < 1.29 is 81.0 Å². The van der Waals surface area contributed by atoms with E-state index in [0.717, 1.165) is 54.0 Å². The Morgan fingerprint density at radius 1 is 0.706 bits per heavy atom. The first-order valence-corrected chi connectivity index (χ1v) is 15.7. The summed E-state index contributed by atoms with van der Waals surface area (Å²) in [4.78, 5) is 98.3. The van der Waals surface area contributed by atoms with E-state index in [1.165, 1.54) is 0 Å². The fourth-order valence-electron chi connectivity index (χ4n) is 5.00. The van der Waals surface area contributed by atoms with Gasteiger partial charge in [0.25, 0.3) is 5.91 Å². The molecule has 2 rings (SSSR count). The number of carbonyl (C=O) groups is 8. The number of esters is 7. The molecule has 51 heavy (non-hydrogen) atoms. The number of hydrogen-bond acceptors (Lipinski definition) is 17. The molecule has 0 saturated carbocycles. The summed E-state index contributed by atoms with van der Waals surface area (Å²) in [6, 6.07) is 9.04. The van der Waals surface area contributed by atoms with Gasteiger partial charge in [0.2, 0.25) is 6.10 Å². The summed E-state index contributed by atoms with van der Waals surface area (Å²) in [6.45, 7) is 6.01. The summed E-state index contributed by atoms with van der Waals surface area (Å²) in [6.07, 6.45) is -12.3. The molecular weight excluding hydrogens is 682 g/mol. The van der Waals surface area contributed by atoms with Gasteiger partial charge >= 0.3 is 41.8 Å². The maximum absolute atomic E-state index is 13.8. The van der Waals surface area contributed by atoms with Crippen molar-refractivity contribution in [3.05, 3.63) is 35.9 Å². The maximum Gasteiger partial charge on any atom is 0.303 e. The molecule has 0 aliphatic carbocycles.